The second kappa shape index (κ2) is 11.8. The fraction of sp³-hybridized carbons (Fsp3) is 0.107. The van der Waals surface area contributed by atoms with Crippen LogP contribution in [0.5, 0.6) is 0 Å². The Morgan fingerprint density at radius 3 is 1.55 bits per heavy atom. The van der Waals surface area contributed by atoms with E-state index in [9.17, 15) is 2.74 Å². The fourth-order valence-electron chi connectivity index (χ4n) is 10.4. The molecule has 0 saturated heterocycles. The van der Waals surface area contributed by atoms with Crippen LogP contribution in [0.15, 0.2) is 180 Å². The highest BCUT2D eigenvalue weighted by atomic mass is 16.3. The van der Waals surface area contributed by atoms with E-state index in [1.54, 1.807) is 0 Å². The normalized spacial score (nSPS) is 15.7. The van der Waals surface area contributed by atoms with E-state index in [2.05, 4.69) is 154 Å². The molecule has 0 unspecified atom stereocenters. The first-order valence-electron chi connectivity index (χ1n) is 22.5. The Kier molecular flexibility index (Phi) is 5.80. The zero-order valence-corrected chi connectivity index (χ0v) is 32.7. The quantitative estimate of drug-likeness (QED) is 0.167. The molecule has 0 atom stereocenters. The molecule has 58 heavy (non-hydrogen) atoms. The van der Waals surface area contributed by atoms with Crippen molar-refractivity contribution in [1.82, 2.24) is 0 Å². The van der Waals surface area contributed by atoms with Gasteiger partial charge in [0.25, 0.3) is 0 Å². The minimum atomic E-state index is -0.443. The average molecular weight is 749 g/mol. The zero-order valence-electron chi connectivity index (χ0n) is 37.7. The first-order valence-corrected chi connectivity index (χ1v) is 20.0. The molecule has 2 heteroatoms. The molecule has 2 nitrogen and oxygen atoms in total. The molecule has 9 aromatic carbocycles. The fourth-order valence-corrected chi connectivity index (χ4v) is 10.4. The number of benzene rings is 9. The number of nitrogens with zero attached hydrogens (tertiary/aromatic N) is 1. The van der Waals surface area contributed by atoms with Crippen LogP contribution in [-0.2, 0) is 10.8 Å². The number of furan rings is 1. The summed E-state index contributed by atoms with van der Waals surface area (Å²) in [5.41, 5.74) is 13.2. The van der Waals surface area contributed by atoms with Crippen molar-refractivity contribution in [3.8, 4) is 33.4 Å². The summed E-state index contributed by atoms with van der Waals surface area (Å²) in [4.78, 5) is 2.21. The second-order valence-corrected chi connectivity index (χ2v) is 16.9. The Hall–Kier alpha value is -6.90. The average Bonchev–Trinajstić information content (AvgIpc) is 3.89. The van der Waals surface area contributed by atoms with Crippen LogP contribution in [0.2, 0.25) is 0 Å². The summed E-state index contributed by atoms with van der Waals surface area (Å²) in [6, 6.07) is 49.3. The summed E-state index contributed by atoms with van der Waals surface area (Å²) in [6.07, 6.45) is 0. The van der Waals surface area contributed by atoms with Crippen molar-refractivity contribution in [2.75, 3.05) is 4.90 Å². The molecule has 1 heterocycles. The van der Waals surface area contributed by atoms with Gasteiger partial charge in [0.05, 0.1) is 12.5 Å². The minimum Gasteiger partial charge on any atom is -0.455 e. The third-order valence-electron chi connectivity index (χ3n) is 13.1. The Morgan fingerprint density at radius 2 is 0.948 bits per heavy atom. The summed E-state index contributed by atoms with van der Waals surface area (Å²) in [5.74, 6) is 0. The maximum Gasteiger partial charge on any atom is 0.145 e. The molecule has 0 aliphatic heterocycles. The van der Waals surface area contributed by atoms with Gasteiger partial charge < -0.3 is 9.32 Å². The van der Waals surface area contributed by atoms with E-state index in [1.807, 2.05) is 24.3 Å². The molecule has 12 rings (SSSR count). The lowest BCUT2D eigenvalue weighted by Crippen LogP contribution is -2.18. The molecule has 276 valence electrons. The Labute approximate surface area is 345 Å². The first kappa shape index (κ1) is 28.5. The van der Waals surface area contributed by atoms with Crippen molar-refractivity contribution in [3.63, 3.8) is 0 Å². The van der Waals surface area contributed by atoms with Crippen molar-refractivity contribution >= 4 is 60.5 Å². The largest absolute Gasteiger partial charge is 0.455 e. The standard InChI is InChI=1S/C56H41NO/c1-55(2)46-24-14-12-20-39(46)41-28-26-35(32-48(41)55)57(36-27-29-42-40-21-13-15-25-47(40)56(3,4)49(42)33-36)50-31-30-45-52-43-22-10-8-18-37(43)38-19-9-11-23-44(38)53(52)58-54(45)51(50)34-16-6-5-7-17-34/h5-33H,1-4H3/i5D,6D,7D,16D,17D. The van der Waals surface area contributed by atoms with Gasteiger partial charge in [0.15, 0.2) is 0 Å². The predicted octanol–water partition coefficient (Wildman–Crippen LogP) is 15.6. The highest BCUT2D eigenvalue weighted by Gasteiger charge is 2.38. The Bertz CT molecular complexity index is 3520. The Balaban J connectivity index is 1.23. The lowest BCUT2D eigenvalue weighted by molar-refractivity contribution is 0.660. The van der Waals surface area contributed by atoms with E-state index in [1.165, 1.54) is 44.5 Å². The van der Waals surface area contributed by atoms with Crippen molar-refractivity contribution in [1.29, 1.82) is 0 Å². The number of fused-ring (bicyclic) bond motifs is 14. The van der Waals surface area contributed by atoms with Crippen LogP contribution < -0.4 is 4.90 Å². The number of anilines is 3. The SMILES string of the molecule is [2H]c1c([2H])c([2H])c(-c2c(N(c3ccc4c(c3)C(C)(C)c3ccccc3-4)c3ccc4c(c3)C(C)(C)c3ccccc3-4)ccc3c2oc2c4ccccc4c4ccccc4c32)c([2H])c1[2H]. The summed E-state index contributed by atoms with van der Waals surface area (Å²) in [7, 11) is 0. The first-order chi connectivity index (χ1) is 30.4. The maximum absolute atomic E-state index is 9.51. The predicted molar refractivity (Wildman–Crippen MR) is 244 cm³/mol. The van der Waals surface area contributed by atoms with Gasteiger partial charge in [0.1, 0.15) is 11.2 Å². The molecule has 0 radical (unpaired) electrons. The van der Waals surface area contributed by atoms with E-state index in [4.69, 9.17) is 8.53 Å². The maximum atomic E-state index is 9.51. The molecule has 0 spiro atoms. The van der Waals surface area contributed by atoms with Gasteiger partial charge in [0, 0.05) is 43.9 Å². The van der Waals surface area contributed by atoms with E-state index in [-0.39, 0.29) is 28.5 Å². The van der Waals surface area contributed by atoms with Crippen molar-refractivity contribution < 1.29 is 11.3 Å². The molecule has 0 saturated carbocycles. The number of rotatable bonds is 4. The van der Waals surface area contributed by atoms with E-state index in [0.29, 0.717) is 22.4 Å². The lowest BCUT2D eigenvalue weighted by atomic mass is 9.82. The molecule has 0 bridgehead atoms. The molecule has 2 aliphatic rings. The van der Waals surface area contributed by atoms with Gasteiger partial charge in [-0.3, -0.25) is 0 Å². The third-order valence-corrected chi connectivity index (χ3v) is 13.1. The lowest BCUT2D eigenvalue weighted by Gasteiger charge is -2.31. The van der Waals surface area contributed by atoms with Crippen molar-refractivity contribution in [2.24, 2.45) is 0 Å². The van der Waals surface area contributed by atoms with E-state index in [0.717, 1.165) is 43.7 Å². The van der Waals surface area contributed by atoms with Gasteiger partial charge in [0.2, 0.25) is 0 Å². The third kappa shape index (κ3) is 4.43. The van der Waals surface area contributed by atoms with Gasteiger partial charge in [-0.1, -0.05) is 167 Å². The Morgan fingerprint density at radius 1 is 0.448 bits per heavy atom. The number of hydrogen-bond donors (Lipinski definition) is 0. The van der Waals surface area contributed by atoms with Gasteiger partial charge in [-0.15, -0.1) is 0 Å². The van der Waals surface area contributed by atoms with Crippen LogP contribution in [0.1, 0.15) is 56.8 Å². The van der Waals surface area contributed by atoms with Crippen LogP contribution in [0.4, 0.5) is 17.1 Å². The van der Waals surface area contributed by atoms with E-state index < -0.39 is 18.1 Å². The van der Waals surface area contributed by atoms with Crippen LogP contribution >= 0.6 is 0 Å². The van der Waals surface area contributed by atoms with Crippen LogP contribution in [0.25, 0.3) is 76.9 Å². The molecule has 0 amide bonds. The summed E-state index contributed by atoms with van der Waals surface area (Å²) >= 11 is 0. The molecule has 1 aromatic heterocycles. The molecular formula is C56H41NO. The van der Waals surface area contributed by atoms with Gasteiger partial charge >= 0.3 is 0 Å². The highest BCUT2D eigenvalue weighted by Crippen LogP contribution is 2.55. The minimum absolute atomic E-state index is 0.0852. The van der Waals surface area contributed by atoms with Gasteiger partial charge in [-0.25, -0.2) is 0 Å². The highest BCUT2D eigenvalue weighted by molar-refractivity contribution is 6.31. The zero-order chi connectivity index (χ0) is 43.3. The molecular weight excluding hydrogens is 703 g/mol. The molecule has 10 aromatic rings. The number of hydrogen-bond acceptors (Lipinski definition) is 2. The van der Waals surface area contributed by atoms with Gasteiger partial charge in [-0.05, 0) is 103 Å². The summed E-state index contributed by atoms with van der Waals surface area (Å²) in [5, 5.41) is 5.81. The van der Waals surface area contributed by atoms with Crippen LogP contribution in [-0.4, -0.2) is 0 Å². The van der Waals surface area contributed by atoms with Crippen LogP contribution in [0.3, 0.4) is 0 Å². The van der Waals surface area contributed by atoms with Crippen molar-refractivity contribution in [2.45, 2.75) is 38.5 Å². The smallest absolute Gasteiger partial charge is 0.145 e. The second-order valence-electron chi connectivity index (χ2n) is 16.9. The van der Waals surface area contributed by atoms with Crippen molar-refractivity contribution in [3.05, 3.63) is 198 Å². The topological polar surface area (TPSA) is 16.4 Å². The molecule has 2 aliphatic carbocycles. The molecule has 0 N–H and O–H groups in total. The summed E-state index contributed by atoms with van der Waals surface area (Å²) in [6.45, 7) is 9.09. The van der Waals surface area contributed by atoms with Crippen LogP contribution in [0, 0.1) is 0 Å². The monoisotopic (exact) mass is 748 g/mol. The molecule has 0 fully saturated rings. The summed E-state index contributed by atoms with van der Waals surface area (Å²) < 4.78 is 52.7. The van der Waals surface area contributed by atoms with Gasteiger partial charge in [-0.2, -0.15) is 0 Å². The van der Waals surface area contributed by atoms with E-state index >= 15 is 0 Å².